The number of aromatic nitrogens is 1. The van der Waals surface area contributed by atoms with Crippen LogP contribution < -0.4 is 10.1 Å². The number of methoxy groups -OCH3 is 1. The molecule has 3 rings (SSSR count). The van der Waals surface area contributed by atoms with Gasteiger partial charge in [0.05, 0.1) is 12.8 Å². The Bertz CT molecular complexity index is 663. The SMILES string of the molecule is COc1ccc(-c2nc(NC(=O)[C@H]3C[C@@H]3C)sc2C)cc1. The number of nitrogens with one attached hydrogen (secondary N) is 1. The molecule has 0 saturated heterocycles. The molecular formula is C16H18N2O2S. The predicted molar refractivity (Wildman–Crippen MR) is 84.7 cm³/mol. The molecule has 1 heterocycles. The molecule has 4 nitrogen and oxygen atoms in total. The van der Waals surface area contributed by atoms with Crippen LogP contribution in [0.25, 0.3) is 11.3 Å². The van der Waals surface area contributed by atoms with Gasteiger partial charge in [-0.2, -0.15) is 0 Å². The summed E-state index contributed by atoms with van der Waals surface area (Å²) < 4.78 is 5.16. The minimum atomic E-state index is 0.0949. The number of rotatable bonds is 4. The molecule has 1 aliphatic rings. The molecule has 1 fully saturated rings. The van der Waals surface area contributed by atoms with Crippen molar-refractivity contribution in [3.63, 3.8) is 0 Å². The zero-order valence-electron chi connectivity index (χ0n) is 12.3. The van der Waals surface area contributed by atoms with Gasteiger partial charge in [-0.3, -0.25) is 4.79 Å². The maximum absolute atomic E-state index is 12.0. The van der Waals surface area contributed by atoms with Crippen LogP contribution in [0.5, 0.6) is 5.75 Å². The molecule has 0 radical (unpaired) electrons. The van der Waals surface area contributed by atoms with Gasteiger partial charge in [0.2, 0.25) is 5.91 Å². The number of aryl methyl sites for hydroxylation is 1. The monoisotopic (exact) mass is 302 g/mol. The minimum absolute atomic E-state index is 0.0949. The largest absolute Gasteiger partial charge is 0.497 e. The van der Waals surface area contributed by atoms with Crippen molar-refractivity contribution in [3.8, 4) is 17.0 Å². The van der Waals surface area contributed by atoms with Crippen molar-refractivity contribution in [3.05, 3.63) is 29.1 Å². The highest BCUT2D eigenvalue weighted by Gasteiger charge is 2.39. The third-order valence-electron chi connectivity index (χ3n) is 3.84. The van der Waals surface area contributed by atoms with Crippen LogP contribution in [0.2, 0.25) is 0 Å². The van der Waals surface area contributed by atoms with E-state index in [1.807, 2.05) is 31.2 Å². The normalized spacial score (nSPS) is 20.1. The zero-order valence-corrected chi connectivity index (χ0v) is 13.2. The number of hydrogen-bond donors (Lipinski definition) is 1. The summed E-state index contributed by atoms with van der Waals surface area (Å²) in [5.41, 5.74) is 1.95. The number of benzene rings is 1. The molecule has 21 heavy (non-hydrogen) atoms. The van der Waals surface area contributed by atoms with E-state index in [-0.39, 0.29) is 11.8 Å². The maximum atomic E-state index is 12.0. The van der Waals surface area contributed by atoms with Gasteiger partial charge in [-0.25, -0.2) is 4.98 Å². The van der Waals surface area contributed by atoms with Crippen molar-refractivity contribution in [1.82, 2.24) is 4.98 Å². The average Bonchev–Trinajstić information content (AvgIpc) is 3.11. The van der Waals surface area contributed by atoms with Crippen LogP contribution >= 0.6 is 11.3 Å². The number of amides is 1. The molecule has 1 saturated carbocycles. The highest BCUT2D eigenvalue weighted by molar-refractivity contribution is 7.16. The predicted octanol–water partition coefficient (Wildman–Crippen LogP) is 3.72. The summed E-state index contributed by atoms with van der Waals surface area (Å²) in [6, 6.07) is 7.79. The lowest BCUT2D eigenvalue weighted by atomic mass is 10.1. The summed E-state index contributed by atoms with van der Waals surface area (Å²) in [4.78, 5) is 17.6. The van der Waals surface area contributed by atoms with E-state index in [4.69, 9.17) is 4.74 Å². The van der Waals surface area contributed by atoms with Gasteiger partial charge in [0.1, 0.15) is 5.75 Å². The Morgan fingerprint density at radius 1 is 1.38 bits per heavy atom. The van der Waals surface area contributed by atoms with E-state index in [1.54, 1.807) is 7.11 Å². The lowest BCUT2D eigenvalue weighted by Gasteiger charge is -2.02. The summed E-state index contributed by atoms with van der Waals surface area (Å²) in [7, 11) is 1.65. The fraction of sp³-hybridized carbons (Fsp3) is 0.375. The minimum Gasteiger partial charge on any atom is -0.497 e. The van der Waals surface area contributed by atoms with Crippen molar-refractivity contribution in [2.75, 3.05) is 12.4 Å². The van der Waals surface area contributed by atoms with Crippen LogP contribution in [0.3, 0.4) is 0 Å². The van der Waals surface area contributed by atoms with Crippen LogP contribution in [-0.4, -0.2) is 18.0 Å². The standard InChI is InChI=1S/C16H18N2O2S/c1-9-8-13(9)15(19)18-16-17-14(10(2)21-16)11-4-6-12(20-3)7-5-11/h4-7,9,13H,8H2,1-3H3,(H,17,18,19)/t9-,13-/m0/s1. The van der Waals surface area contributed by atoms with E-state index < -0.39 is 0 Å². The molecule has 1 aromatic carbocycles. The molecule has 110 valence electrons. The Labute approximate surface area is 128 Å². The van der Waals surface area contributed by atoms with Gasteiger partial charge >= 0.3 is 0 Å². The van der Waals surface area contributed by atoms with Gasteiger partial charge in [-0.05, 0) is 43.5 Å². The van der Waals surface area contributed by atoms with E-state index in [2.05, 4.69) is 17.2 Å². The fourth-order valence-corrected chi connectivity index (χ4v) is 3.19. The molecule has 1 aliphatic carbocycles. The van der Waals surface area contributed by atoms with Crippen molar-refractivity contribution in [2.45, 2.75) is 20.3 Å². The molecule has 5 heteroatoms. The second-order valence-corrected chi connectivity index (χ2v) is 6.66. The van der Waals surface area contributed by atoms with Crippen molar-refractivity contribution in [2.24, 2.45) is 11.8 Å². The molecule has 1 aromatic heterocycles. The van der Waals surface area contributed by atoms with Gasteiger partial charge in [0, 0.05) is 16.4 Å². The molecule has 2 aromatic rings. The average molecular weight is 302 g/mol. The number of hydrogen-bond acceptors (Lipinski definition) is 4. The van der Waals surface area contributed by atoms with Crippen molar-refractivity contribution >= 4 is 22.4 Å². The molecule has 0 aliphatic heterocycles. The van der Waals surface area contributed by atoms with Crippen molar-refractivity contribution < 1.29 is 9.53 Å². The lowest BCUT2D eigenvalue weighted by molar-refractivity contribution is -0.117. The van der Waals surface area contributed by atoms with E-state index >= 15 is 0 Å². The molecule has 0 unspecified atom stereocenters. The lowest BCUT2D eigenvalue weighted by Crippen LogP contribution is -2.14. The quantitative estimate of drug-likeness (QED) is 0.936. The van der Waals surface area contributed by atoms with Crippen LogP contribution in [0.15, 0.2) is 24.3 Å². The van der Waals surface area contributed by atoms with Gasteiger partial charge in [0.25, 0.3) is 0 Å². The maximum Gasteiger partial charge on any atom is 0.229 e. The van der Waals surface area contributed by atoms with Crippen LogP contribution in [0.4, 0.5) is 5.13 Å². The Balaban J connectivity index is 1.78. The highest BCUT2D eigenvalue weighted by atomic mass is 32.1. The Morgan fingerprint density at radius 2 is 2.05 bits per heavy atom. The Hall–Kier alpha value is -1.88. The number of carbonyl (C=O) groups excluding carboxylic acids is 1. The first-order valence-electron chi connectivity index (χ1n) is 7.01. The number of ether oxygens (including phenoxy) is 1. The molecule has 2 atom stereocenters. The summed E-state index contributed by atoms with van der Waals surface area (Å²) in [5.74, 6) is 1.59. The Morgan fingerprint density at radius 3 is 2.62 bits per heavy atom. The second-order valence-electron chi connectivity index (χ2n) is 5.46. The van der Waals surface area contributed by atoms with Gasteiger partial charge in [-0.1, -0.05) is 6.92 Å². The number of nitrogens with zero attached hydrogens (tertiary/aromatic N) is 1. The highest BCUT2D eigenvalue weighted by Crippen LogP contribution is 2.39. The fourth-order valence-electron chi connectivity index (χ4n) is 2.35. The first kappa shape index (κ1) is 14.1. The third-order valence-corrected chi connectivity index (χ3v) is 4.72. The van der Waals surface area contributed by atoms with E-state index in [0.29, 0.717) is 11.0 Å². The second kappa shape index (κ2) is 5.48. The topological polar surface area (TPSA) is 51.2 Å². The molecular weight excluding hydrogens is 284 g/mol. The number of thiazole rings is 1. The van der Waals surface area contributed by atoms with Crippen molar-refractivity contribution in [1.29, 1.82) is 0 Å². The third kappa shape index (κ3) is 2.93. The van der Waals surface area contributed by atoms with E-state index in [1.165, 1.54) is 11.3 Å². The Kier molecular flexibility index (Phi) is 3.68. The molecule has 0 bridgehead atoms. The van der Waals surface area contributed by atoms with Crippen LogP contribution in [-0.2, 0) is 4.79 Å². The van der Waals surface area contributed by atoms with Crippen LogP contribution in [0.1, 0.15) is 18.2 Å². The first-order valence-corrected chi connectivity index (χ1v) is 7.83. The summed E-state index contributed by atoms with van der Waals surface area (Å²) >= 11 is 1.52. The summed E-state index contributed by atoms with van der Waals surface area (Å²) in [5, 5.41) is 3.61. The number of carbonyl (C=O) groups is 1. The molecule has 1 amide bonds. The number of anilines is 1. The van der Waals surface area contributed by atoms with Gasteiger partial charge in [-0.15, -0.1) is 11.3 Å². The van der Waals surface area contributed by atoms with Crippen LogP contribution in [0, 0.1) is 18.8 Å². The van der Waals surface area contributed by atoms with Gasteiger partial charge < -0.3 is 10.1 Å². The zero-order chi connectivity index (χ0) is 15.0. The smallest absolute Gasteiger partial charge is 0.229 e. The van der Waals surface area contributed by atoms with E-state index in [0.717, 1.165) is 28.3 Å². The summed E-state index contributed by atoms with van der Waals surface area (Å²) in [6.45, 7) is 4.12. The molecule has 0 spiro atoms. The first-order chi connectivity index (χ1) is 10.1. The van der Waals surface area contributed by atoms with E-state index in [9.17, 15) is 4.79 Å². The molecule has 1 N–H and O–H groups in total. The van der Waals surface area contributed by atoms with Gasteiger partial charge in [0.15, 0.2) is 5.13 Å². The summed E-state index contributed by atoms with van der Waals surface area (Å²) in [6.07, 6.45) is 0.988.